The summed E-state index contributed by atoms with van der Waals surface area (Å²) in [6.45, 7) is 7.26. The standard InChI is InChI=1S/C41H53ClF2N4O8S.CH4/c1-38(2,3)23-55-37(52)46-29-11-9-7-5-6-8-10-24-19-41(24,36(51)47-57(53,54)39(4)16-17-39)21-31(49)30-20-40(22-48(30)35(29)50)15-14-26-27-18-25(42)12-13-28(27)45-32(34(43)44)33(26)56-40;/h12-13,18,24,29-30,34H,5-11,14-17,19-23H2,1-4H3,(H,46,52)(H,47,51);1H4/t24-,29+,30+,40-,41-;/m1./s1. The molecular weight excluding hydrogens is 794 g/mol. The fourth-order valence-electron chi connectivity index (χ4n) is 8.90. The van der Waals surface area contributed by atoms with Crippen LogP contribution in [0.1, 0.15) is 136 Å². The van der Waals surface area contributed by atoms with Gasteiger partial charge in [0.25, 0.3) is 6.43 Å². The Kier molecular flexibility index (Phi) is 12.2. The number of rotatable bonds is 6. The normalized spacial score (nSPS) is 28.6. The molecule has 320 valence electrons. The summed E-state index contributed by atoms with van der Waals surface area (Å²) in [6.07, 6.45) is 2.34. The van der Waals surface area contributed by atoms with E-state index < -0.39 is 73.7 Å². The van der Waals surface area contributed by atoms with Crippen LogP contribution in [-0.4, -0.2) is 77.6 Å². The average Bonchev–Trinajstić information content (AvgIpc) is 4.03. The Labute approximate surface area is 344 Å². The number of alkyl carbamates (subject to hydrolysis) is 1. The van der Waals surface area contributed by atoms with Crippen LogP contribution >= 0.6 is 11.6 Å². The number of hydrogen-bond acceptors (Lipinski definition) is 9. The van der Waals surface area contributed by atoms with Crippen LogP contribution in [0.5, 0.6) is 5.75 Å². The maximum Gasteiger partial charge on any atom is 0.407 e. The number of benzene rings is 1. The van der Waals surface area contributed by atoms with Gasteiger partial charge in [-0.2, -0.15) is 0 Å². The number of amides is 3. The molecule has 3 aliphatic heterocycles. The number of ketones is 1. The fraction of sp³-hybridized carbons (Fsp3) is 0.690. The van der Waals surface area contributed by atoms with Crippen LogP contribution < -0.4 is 14.8 Å². The fourth-order valence-corrected chi connectivity index (χ4v) is 10.4. The average molecular weight is 851 g/mol. The second-order valence-electron chi connectivity index (χ2n) is 18.5. The molecule has 7 rings (SSSR count). The Morgan fingerprint density at radius 2 is 1.76 bits per heavy atom. The van der Waals surface area contributed by atoms with Crippen LogP contribution in [0.4, 0.5) is 13.6 Å². The number of fused-ring (bicyclic) bond motifs is 5. The summed E-state index contributed by atoms with van der Waals surface area (Å²) >= 11 is 6.31. The summed E-state index contributed by atoms with van der Waals surface area (Å²) in [5.41, 5.74) is -2.61. The number of aromatic nitrogens is 1. The van der Waals surface area contributed by atoms with Crippen molar-refractivity contribution in [3.8, 4) is 5.75 Å². The van der Waals surface area contributed by atoms with Crippen LogP contribution in [0.2, 0.25) is 5.02 Å². The third kappa shape index (κ3) is 8.81. The molecule has 2 saturated heterocycles. The van der Waals surface area contributed by atoms with E-state index in [1.807, 2.05) is 20.8 Å². The number of alkyl halides is 2. The molecule has 3 amide bonds. The molecule has 4 fully saturated rings. The lowest BCUT2D eigenvalue weighted by Crippen LogP contribution is -2.53. The number of carbonyl (C=O) groups excluding carboxylic acids is 4. The number of aryl methyl sites for hydroxylation is 1. The van der Waals surface area contributed by atoms with Gasteiger partial charge in [0.15, 0.2) is 11.5 Å². The molecule has 5 atom stereocenters. The van der Waals surface area contributed by atoms with E-state index in [9.17, 15) is 36.4 Å². The first-order valence-electron chi connectivity index (χ1n) is 20.2. The van der Waals surface area contributed by atoms with E-state index in [0.717, 1.165) is 25.7 Å². The van der Waals surface area contributed by atoms with E-state index in [-0.39, 0.29) is 69.8 Å². The minimum atomic E-state index is -3.99. The second-order valence-corrected chi connectivity index (χ2v) is 21.1. The number of nitrogens with one attached hydrogen (secondary N) is 2. The topological polar surface area (TPSA) is 161 Å². The van der Waals surface area contributed by atoms with Gasteiger partial charge in [-0.15, -0.1) is 0 Å². The Morgan fingerprint density at radius 1 is 1.07 bits per heavy atom. The minimum Gasteiger partial charge on any atom is -0.483 e. The van der Waals surface area contributed by atoms with Gasteiger partial charge < -0.3 is 19.7 Å². The predicted molar refractivity (Wildman–Crippen MR) is 215 cm³/mol. The molecule has 1 aromatic heterocycles. The number of hydrogen-bond donors (Lipinski definition) is 2. The lowest BCUT2D eigenvalue weighted by Gasteiger charge is -2.37. The smallest absolute Gasteiger partial charge is 0.407 e. The summed E-state index contributed by atoms with van der Waals surface area (Å²) in [4.78, 5) is 62.3. The van der Waals surface area contributed by atoms with Gasteiger partial charge in [-0.1, -0.05) is 71.9 Å². The minimum absolute atomic E-state index is 0. The van der Waals surface area contributed by atoms with Crippen molar-refractivity contribution in [2.45, 2.75) is 154 Å². The van der Waals surface area contributed by atoms with Crippen LogP contribution in [0.3, 0.4) is 0 Å². The van der Waals surface area contributed by atoms with Crippen molar-refractivity contribution >= 4 is 56.2 Å². The molecule has 1 aromatic carbocycles. The maximum absolute atomic E-state index is 14.8. The van der Waals surface area contributed by atoms with Gasteiger partial charge in [-0.05, 0) is 81.4 Å². The van der Waals surface area contributed by atoms with Gasteiger partial charge in [0.1, 0.15) is 17.3 Å². The van der Waals surface area contributed by atoms with E-state index >= 15 is 0 Å². The molecule has 2 aromatic rings. The molecule has 16 heteroatoms. The molecule has 0 unspecified atom stereocenters. The third-order valence-corrected chi connectivity index (χ3v) is 15.1. The lowest BCUT2D eigenvalue weighted by molar-refractivity contribution is -0.140. The Hall–Kier alpha value is -3.59. The highest BCUT2D eigenvalue weighted by atomic mass is 35.5. The van der Waals surface area contributed by atoms with E-state index in [0.29, 0.717) is 53.6 Å². The number of pyridine rings is 1. The van der Waals surface area contributed by atoms with Gasteiger partial charge >= 0.3 is 6.09 Å². The first-order chi connectivity index (χ1) is 26.8. The quantitative estimate of drug-likeness (QED) is 0.294. The Balaban J connectivity index is 0.00000567. The molecule has 0 bridgehead atoms. The number of sulfonamides is 1. The van der Waals surface area contributed by atoms with Gasteiger partial charge in [0.05, 0.1) is 34.9 Å². The lowest BCUT2D eigenvalue weighted by atomic mass is 9.85. The monoisotopic (exact) mass is 850 g/mol. The van der Waals surface area contributed by atoms with Crippen LogP contribution in [-0.2, 0) is 35.6 Å². The van der Waals surface area contributed by atoms with Crippen molar-refractivity contribution in [1.82, 2.24) is 19.9 Å². The summed E-state index contributed by atoms with van der Waals surface area (Å²) in [6, 6.07) is 2.58. The number of nitrogens with zero attached hydrogens (tertiary/aromatic N) is 2. The van der Waals surface area contributed by atoms with E-state index in [1.54, 1.807) is 25.1 Å². The SMILES string of the molecule is C.CC(C)(C)COC(=O)N[C@H]1CCCCCCC[C@@H]2C[C@@]2(C(=O)NS(=O)(=O)C2(C)CC2)CC(=O)[C@@H]2C[C@]3(CCc4c(c(C(F)F)nc5ccc(Cl)cc45)O3)CN2C1=O. The van der Waals surface area contributed by atoms with E-state index in [4.69, 9.17) is 21.1 Å². The predicted octanol–water partition coefficient (Wildman–Crippen LogP) is 7.98. The molecular formula is C42H57ClF2N4O8S. The molecule has 2 aliphatic carbocycles. The third-order valence-electron chi connectivity index (χ3n) is 12.7. The summed E-state index contributed by atoms with van der Waals surface area (Å²) in [5.74, 6) is -2.03. The zero-order valence-electron chi connectivity index (χ0n) is 33.1. The molecule has 1 spiro atoms. The van der Waals surface area contributed by atoms with Crippen LogP contribution in [0.15, 0.2) is 18.2 Å². The Bertz CT molecular complexity index is 2070. The molecule has 12 nitrogen and oxygen atoms in total. The molecule has 58 heavy (non-hydrogen) atoms. The number of Topliss-reactive ketones (excluding diaryl/α,β-unsaturated/α-hetero) is 1. The highest BCUT2D eigenvalue weighted by Crippen LogP contribution is 2.59. The highest BCUT2D eigenvalue weighted by molar-refractivity contribution is 7.91. The second kappa shape index (κ2) is 16.1. The van der Waals surface area contributed by atoms with Crippen molar-refractivity contribution < 1.29 is 45.9 Å². The highest BCUT2D eigenvalue weighted by Gasteiger charge is 2.64. The zero-order chi connectivity index (χ0) is 41.1. The first kappa shape index (κ1) is 44.0. The van der Waals surface area contributed by atoms with Crippen molar-refractivity contribution in [2.75, 3.05) is 13.2 Å². The van der Waals surface area contributed by atoms with Gasteiger partial charge in [-0.3, -0.25) is 19.1 Å². The molecule has 5 aliphatic rings. The van der Waals surface area contributed by atoms with Gasteiger partial charge in [0.2, 0.25) is 21.8 Å². The molecule has 2 saturated carbocycles. The van der Waals surface area contributed by atoms with Crippen molar-refractivity contribution in [1.29, 1.82) is 0 Å². The van der Waals surface area contributed by atoms with Gasteiger partial charge in [-0.25, -0.2) is 27.0 Å². The van der Waals surface area contributed by atoms with Gasteiger partial charge in [0, 0.05) is 28.8 Å². The number of carbonyl (C=O) groups is 4. The number of ether oxygens (including phenoxy) is 2. The van der Waals surface area contributed by atoms with Crippen LogP contribution in [0, 0.1) is 16.7 Å². The van der Waals surface area contributed by atoms with Crippen LogP contribution in [0.25, 0.3) is 10.9 Å². The molecule has 2 N–H and O–H groups in total. The summed E-state index contributed by atoms with van der Waals surface area (Å²) in [7, 11) is -3.99. The summed E-state index contributed by atoms with van der Waals surface area (Å²) < 4.78 is 69.2. The number of halogens is 3. The zero-order valence-corrected chi connectivity index (χ0v) is 34.6. The maximum atomic E-state index is 14.8. The van der Waals surface area contributed by atoms with E-state index in [1.165, 1.54) is 4.90 Å². The van der Waals surface area contributed by atoms with Crippen molar-refractivity contribution in [3.63, 3.8) is 0 Å². The Morgan fingerprint density at radius 3 is 2.43 bits per heavy atom. The van der Waals surface area contributed by atoms with E-state index in [2.05, 4.69) is 15.0 Å². The molecule has 4 heterocycles. The van der Waals surface area contributed by atoms with Crippen molar-refractivity contribution in [3.05, 3.63) is 34.5 Å². The van der Waals surface area contributed by atoms with Crippen molar-refractivity contribution in [2.24, 2.45) is 16.7 Å². The summed E-state index contributed by atoms with van der Waals surface area (Å²) in [5, 5.41) is 3.71. The largest absolute Gasteiger partial charge is 0.483 e. The molecule has 0 radical (unpaired) electrons. The first-order valence-corrected chi connectivity index (χ1v) is 22.0.